The van der Waals surface area contributed by atoms with Gasteiger partial charge < -0.3 is 4.52 Å². The first-order valence-corrected chi connectivity index (χ1v) is 9.23. The van der Waals surface area contributed by atoms with Gasteiger partial charge in [-0.3, -0.25) is 9.13 Å². The molecule has 116 valence electrons. The van der Waals surface area contributed by atoms with Crippen LogP contribution >= 0.6 is 7.37 Å². The Bertz CT molecular complexity index is 653. The molecule has 0 N–H and O–H groups in total. The maximum Gasteiger partial charge on any atom is 0.348 e. The Hall–Kier alpha value is -1.37. The summed E-state index contributed by atoms with van der Waals surface area (Å²) in [7, 11) is -0.979. The molecular formula is C15H23N2O3P. The molecule has 0 spiro atoms. The van der Waals surface area contributed by atoms with Gasteiger partial charge in [0.05, 0.1) is 11.3 Å². The summed E-state index contributed by atoms with van der Waals surface area (Å²) in [5.41, 5.74) is 1.15. The number of hydrogen-bond donors (Lipinski definition) is 0. The van der Waals surface area contributed by atoms with Gasteiger partial charge in [0.15, 0.2) is 7.37 Å². The first-order chi connectivity index (χ1) is 9.76. The normalized spacial score (nSPS) is 13.6. The minimum Gasteiger partial charge on any atom is -0.332 e. The second kappa shape index (κ2) is 7.59. The fourth-order valence-electron chi connectivity index (χ4n) is 1.75. The van der Waals surface area contributed by atoms with Crippen molar-refractivity contribution < 1.29 is 9.09 Å². The third-order valence-electron chi connectivity index (χ3n) is 3.17. The van der Waals surface area contributed by atoms with E-state index in [0.29, 0.717) is 18.3 Å². The molecule has 1 aromatic heterocycles. The summed E-state index contributed by atoms with van der Waals surface area (Å²) < 4.78 is 18.2. The van der Waals surface area contributed by atoms with Gasteiger partial charge in [-0.2, -0.15) is 4.98 Å². The van der Waals surface area contributed by atoms with Gasteiger partial charge in [0.1, 0.15) is 0 Å². The van der Waals surface area contributed by atoms with Crippen LogP contribution in [0, 0.1) is 18.8 Å². The van der Waals surface area contributed by atoms with Crippen LogP contribution in [-0.4, -0.2) is 29.5 Å². The van der Waals surface area contributed by atoms with Crippen LogP contribution in [0.1, 0.15) is 44.0 Å². The molecule has 1 aromatic rings. The van der Waals surface area contributed by atoms with Crippen LogP contribution in [0.5, 0.6) is 0 Å². The maximum atomic E-state index is 11.7. The van der Waals surface area contributed by atoms with Crippen LogP contribution in [0.3, 0.4) is 0 Å². The molecule has 0 radical (unpaired) electrons. The zero-order valence-corrected chi connectivity index (χ0v) is 14.2. The number of aryl methyl sites for hydroxylation is 1. The third-order valence-corrected chi connectivity index (χ3v) is 5.07. The molecule has 0 saturated heterocycles. The minimum absolute atomic E-state index is 0.0545. The average molecular weight is 310 g/mol. The van der Waals surface area contributed by atoms with E-state index in [9.17, 15) is 9.36 Å². The van der Waals surface area contributed by atoms with Gasteiger partial charge in [-0.25, -0.2) is 4.79 Å². The standard InChI is InChI=1S/C15H23N2O3P/c1-12(2)17-11-14(13(3)16-15(17)18)9-7-6-8-10-21(5,19)20-4/h11-12H,6,8,10H2,1-5H3. The van der Waals surface area contributed by atoms with Crippen molar-refractivity contribution >= 4 is 7.37 Å². The third kappa shape index (κ3) is 5.49. The van der Waals surface area contributed by atoms with E-state index < -0.39 is 7.37 Å². The fourth-order valence-corrected chi connectivity index (χ4v) is 2.66. The average Bonchev–Trinajstić information content (AvgIpc) is 2.40. The van der Waals surface area contributed by atoms with Crippen LogP contribution in [-0.2, 0) is 9.09 Å². The molecule has 1 unspecified atom stereocenters. The van der Waals surface area contributed by atoms with E-state index in [-0.39, 0.29) is 11.7 Å². The fraction of sp³-hybridized carbons (Fsp3) is 0.600. The number of nitrogens with zero attached hydrogens (tertiary/aromatic N) is 2. The predicted molar refractivity (Wildman–Crippen MR) is 85.1 cm³/mol. The summed E-state index contributed by atoms with van der Waals surface area (Å²) in [6.45, 7) is 7.27. The summed E-state index contributed by atoms with van der Waals surface area (Å²) in [5.74, 6) is 6.08. The van der Waals surface area contributed by atoms with Gasteiger partial charge in [-0.05, 0) is 27.2 Å². The van der Waals surface area contributed by atoms with Crippen LogP contribution in [0.15, 0.2) is 11.0 Å². The van der Waals surface area contributed by atoms with Crippen molar-refractivity contribution in [3.8, 4) is 11.8 Å². The SMILES string of the molecule is COP(C)(=O)CCCC#Cc1cn(C(C)C)c(=O)nc1C. The van der Waals surface area contributed by atoms with E-state index in [1.165, 1.54) is 7.11 Å². The summed E-state index contributed by atoms with van der Waals surface area (Å²) in [6, 6.07) is 0.0545. The summed E-state index contributed by atoms with van der Waals surface area (Å²) >= 11 is 0. The molecule has 0 aliphatic rings. The van der Waals surface area contributed by atoms with Crippen molar-refractivity contribution in [2.45, 2.75) is 39.7 Å². The first kappa shape index (κ1) is 17.7. The Kier molecular flexibility index (Phi) is 6.39. The molecule has 1 atom stereocenters. The summed E-state index contributed by atoms with van der Waals surface area (Å²) in [5, 5.41) is 0. The molecule has 0 aromatic carbocycles. The lowest BCUT2D eigenvalue weighted by Crippen LogP contribution is -2.25. The zero-order valence-electron chi connectivity index (χ0n) is 13.3. The van der Waals surface area contributed by atoms with Crippen molar-refractivity contribution in [2.75, 3.05) is 19.9 Å². The highest BCUT2D eigenvalue weighted by molar-refractivity contribution is 7.58. The number of aromatic nitrogens is 2. The molecule has 0 amide bonds. The highest BCUT2D eigenvalue weighted by Gasteiger charge is 2.11. The van der Waals surface area contributed by atoms with Crippen molar-refractivity contribution in [3.05, 3.63) is 27.9 Å². The number of unbranched alkanes of at least 4 members (excludes halogenated alkanes) is 1. The Morgan fingerprint density at radius 1 is 1.48 bits per heavy atom. The predicted octanol–water partition coefficient (Wildman–Crippen LogP) is 2.82. The minimum atomic E-state index is -2.45. The van der Waals surface area contributed by atoms with E-state index in [1.54, 1.807) is 24.4 Å². The summed E-state index contributed by atoms with van der Waals surface area (Å²) in [4.78, 5) is 15.7. The van der Waals surface area contributed by atoms with Crippen LogP contribution in [0.2, 0.25) is 0 Å². The van der Waals surface area contributed by atoms with Crippen LogP contribution < -0.4 is 5.69 Å². The second-order valence-corrected chi connectivity index (χ2v) is 8.19. The molecule has 0 aliphatic carbocycles. The topological polar surface area (TPSA) is 61.2 Å². The molecule has 0 fully saturated rings. The smallest absolute Gasteiger partial charge is 0.332 e. The van der Waals surface area contributed by atoms with E-state index >= 15 is 0 Å². The van der Waals surface area contributed by atoms with Gasteiger partial charge >= 0.3 is 5.69 Å². The van der Waals surface area contributed by atoms with Crippen LogP contribution in [0.25, 0.3) is 0 Å². The number of rotatable bonds is 5. The zero-order chi connectivity index (χ0) is 16.0. The molecule has 5 nitrogen and oxygen atoms in total. The molecule has 0 saturated carbocycles. The molecule has 1 heterocycles. The van der Waals surface area contributed by atoms with Gasteiger partial charge in [0, 0.05) is 38.6 Å². The lowest BCUT2D eigenvalue weighted by Gasteiger charge is -2.10. The van der Waals surface area contributed by atoms with E-state index in [4.69, 9.17) is 4.52 Å². The molecule has 1 rings (SSSR count). The van der Waals surface area contributed by atoms with Crippen molar-refractivity contribution in [1.82, 2.24) is 9.55 Å². The molecule has 0 aliphatic heterocycles. The monoisotopic (exact) mass is 310 g/mol. The van der Waals surface area contributed by atoms with Crippen molar-refractivity contribution in [3.63, 3.8) is 0 Å². The largest absolute Gasteiger partial charge is 0.348 e. The first-order valence-electron chi connectivity index (χ1n) is 6.98. The lowest BCUT2D eigenvalue weighted by molar-refractivity contribution is 0.398. The highest BCUT2D eigenvalue weighted by atomic mass is 31.2. The molecule has 6 heteroatoms. The molecular weight excluding hydrogens is 287 g/mol. The highest BCUT2D eigenvalue weighted by Crippen LogP contribution is 2.41. The Morgan fingerprint density at radius 2 is 2.14 bits per heavy atom. The summed E-state index contributed by atoms with van der Waals surface area (Å²) in [6.07, 6.45) is 3.65. The van der Waals surface area contributed by atoms with E-state index in [0.717, 1.165) is 12.0 Å². The maximum absolute atomic E-state index is 11.7. The van der Waals surface area contributed by atoms with Crippen LogP contribution in [0.4, 0.5) is 0 Å². The second-order valence-electron chi connectivity index (χ2n) is 5.35. The Morgan fingerprint density at radius 3 is 2.71 bits per heavy atom. The number of hydrogen-bond acceptors (Lipinski definition) is 4. The lowest BCUT2D eigenvalue weighted by atomic mass is 10.2. The van der Waals surface area contributed by atoms with Gasteiger partial charge in [0.2, 0.25) is 0 Å². The Balaban J connectivity index is 2.76. The molecule has 21 heavy (non-hydrogen) atoms. The quantitative estimate of drug-likeness (QED) is 0.477. The van der Waals surface area contributed by atoms with Crippen molar-refractivity contribution in [2.24, 2.45) is 0 Å². The van der Waals surface area contributed by atoms with Gasteiger partial charge in [0.25, 0.3) is 0 Å². The molecule has 0 bridgehead atoms. The van der Waals surface area contributed by atoms with E-state index in [1.807, 2.05) is 13.8 Å². The Labute approximate surface area is 126 Å². The van der Waals surface area contributed by atoms with E-state index in [2.05, 4.69) is 16.8 Å². The van der Waals surface area contributed by atoms with Gasteiger partial charge in [-0.15, -0.1) is 0 Å². The van der Waals surface area contributed by atoms with Gasteiger partial charge in [-0.1, -0.05) is 11.8 Å². The van der Waals surface area contributed by atoms with Crippen molar-refractivity contribution in [1.29, 1.82) is 0 Å².